The van der Waals surface area contributed by atoms with E-state index in [9.17, 15) is 9.59 Å². The number of thioether (sulfide) groups is 1. The highest BCUT2D eigenvalue weighted by Crippen LogP contribution is 2.44. The number of aliphatic carboxylic acids is 1. The zero-order valence-corrected chi connectivity index (χ0v) is 12.4. The maximum absolute atomic E-state index is 12.5. The van der Waals surface area contributed by atoms with Crippen molar-refractivity contribution in [1.82, 2.24) is 10.2 Å². The third-order valence-corrected chi connectivity index (χ3v) is 5.54. The van der Waals surface area contributed by atoms with Gasteiger partial charge in [-0.25, -0.2) is 4.79 Å². The molecule has 1 aliphatic heterocycles. The Morgan fingerprint density at radius 2 is 1.90 bits per heavy atom. The van der Waals surface area contributed by atoms with Crippen molar-refractivity contribution in [3.8, 4) is 0 Å². The Morgan fingerprint density at radius 1 is 1.25 bits per heavy atom. The Bertz CT molecular complexity index is 384. The molecule has 0 spiro atoms. The first-order chi connectivity index (χ1) is 9.65. The fraction of sp³-hybridized carbons (Fsp3) is 0.857. The van der Waals surface area contributed by atoms with Gasteiger partial charge in [0.15, 0.2) is 0 Å². The molecule has 1 atom stereocenters. The van der Waals surface area contributed by atoms with Gasteiger partial charge in [-0.05, 0) is 37.5 Å². The van der Waals surface area contributed by atoms with Gasteiger partial charge in [0.2, 0.25) is 0 Å². The Balaban J connectivity index is 1.59. The number of urea groups is 1. The lowest BCUT2D eigenvalue weighted by Gasteiger charge is -2.35. The number of carboxylic acid groups (broad SMARTS) is 1. The Kier molecular flexibility index (Phi) is 4.10. The number of carboxylic acids is 1. The number of amides is 2. The molecule has 0 aromatic heterocycles. The highest BCUT2D eigenvalue weighted by molar-refractivity contribution is 7.99. The van der Waals surface area contributed by atoms with Crippen molar-refractivity contribution in [2.75, 3.05) is 18.1 Å². The van der Waals surface area contributed by atoms with Crippen LogP contribution in [0.4, 0.5) is 4.79 Å². The summed E-state index contributed by atoms with van der Waals surface area (Å²) in [6.45, 7) is 0.663. The second-order valence-electron chi connectivity index (χ2n) is 6.17. The van der Waals surface area contributed by atoms with Crippen molar-refractivity contribution in [1.29, 1.82) is 0 Å². The van der Waals surface area contributed by atoms with E-state index in [0.29, 0.717) is 24.4 Å². The fourth-order valence-corrected chi connectivity index (χ4v) is 4.11. The molecule has 0 bridgehead atoms. The summed E-state index contributed by atoms with van der Waals surface area (Å²) in [7, 11) is 0. The molecule has 20 heavy (non-hydrogen) atoms. The molecule has 1 unspecified atom stereocenters. The predicted molar refractivity (Wildman–Crippen MR) is 77.8 cm³/mol. The second-order valence-corrected chi connectivity index (χ2v) is 7.32. The van der Waals surface area contributed by atoms with Gasteiger partial charge in [0.25, 0.3) is 0 Å². The van der Waals surface area contributed by atoms with Gasteiger partial charge in [0.05, 0.1) is 12.5 Å². The number of carbonyl (C=O) groups is 2. The molecule has 2 aliphatic carbocycles. The van der Waals surface area contributed by atoms with Crippen molar-refractivity contribution in [2.45, 2.75) is 44.2 Å². The van der Waals surface area contributed by atoms with Crippen molar-refractivity contribution >= 4 is 23.8 Å². The Labute approximate surface area is 123 Å². The van der Waals surface area contributed by atoms with Gasteiger partial charge in [-0.2, -0.15) is 11.8 Å². The monoisotopic (exact) mass is 298 g/mol. The Morgan fingerprint density at radius 3 is 2.45 bits per heavy atom. The molecule has 5 nitrogen and oxygen atoms in total. The summed E-state index contributed by atoms with van der Waals surface area (Å²) in [5, 5.41) is 12.2. The molecule has 1 saturated heterocycles. The van der Waals surface area contributed by atoms with Crippen LogP contribution in [0.25, 0.3) is 0 Å². The highest BCUT2D eigenvalue weighted by Gasteiger charge is 2.43. The maximum atomic E-state index is 12.5. The molecule has 6 heteroatoms. The molecule has 3 fully saturated rings. The second kappa shape index (κ2) is 5.84. The minimum Gasteiger partial charge on any atom is -0.481 e. The first-order valence-electron chi connectivity index (χ1n) is 7.52. The average Bonchev–Trinajstić information content (AvgIpc) is 3.28. The van der Waals surface area contributed by atoms with Crippen LogP contribution in [0.15, 0.2) is 0 Å². The molecule has 3 rings (SSSR count). The standard InChI is InChI=1S/C14H22N2O3S/c17-12(18)7-11-8-20-6-5-16(11)14(19)15-13(9-1-2-9)10-3-4-10/h9-11,13H,1-8H2,(H,15,19)(H,17,18). The molecule has 2 N–H and O–H groups in total. The molecule has 112 valence electrons. The van der Waals surface area contributed by atoms with Crippen LogP contribution >= 0.6 is 11.8 Å². The number of nitrogens with one attached hydrogen (secondary N) is 1. The predicted octanol–water partition coefficient (Wildman–Crippen LogP) is 1.78. The van der Waals surface area contributed by atoms with Crippen LogP contribution in [0.2, 0.25) is 0 Å². The van der Waals surface area contributed by atoms with Crippen LogP contribution in [0.5, 0.6) is 0 Å². The Hall–Kier alpha value is -0.910. The number of hydrogen-bond donors (Lipinski definition) is 2. The zero-order valence-electron chi connectivity index (χ0n) is 11.6. The van der Waals surface area contributed by atoms with E-state index in [1.54, 1.807) is 16.7 Å². The minimum atomic E-state index is -0.823. The molecular weight excluding hydrogens is 276 g/mol. The minimum absolute atomic E-state index is 0.0413. The smallest absolute Gasteiger partial charge is 0.317 e. The van der Waals surface area contributed by atoms with E-state index < -0.39 is 5.97 Å². The molecular formula is C14H22N2O3S. The van der Waals surface area contributed by atoms with Gasteiger partial charge in [-0.3, -0.25) is 4.79 Å². The number of hydrogen-bond acceptors (Lipinski definition) is 3. The van der Waals surface area contributed by atoms with Crippen molar-refractivity contribution in [3.05, 3.63) is 0 Å². The SMILES string of the molecule is O=C(O)CC1CSCCN1C(=O)NC(C1CC1)C1CC1. The third-order valence-electron chi connectivity index (χ3n) is 4.45. The van der Waals surface area contributed by atoms with Gasteiger partial charge in [0, 0.05) is 24.1 Å². The van der Waals surface area contributed by atoms with Crippen molar-refractivity contribution < 1.29 is 14.7 Å². The quantitative estimate of drug-likeness (QED) is 0.811. The average molecular weight is 298 g/mol. The van der Waals surface area contributed by atoms with Gasteiger partial charge in [-0.15, -0.1) is 0 Å². The lowest BCUT2D eigenvalue weighted by atomic mass is 10.1. The van der Waals surface area contributed by atoms with E-state index in [4.69, 9.17) is 5.11 Å². The summed E-state index contributed by atoms with van der Waals surface area (Å²) in [5.41, 5.74) is 0. The van der Waals surface area contributed by atoms with Crippen LogP contribution in [0.1, 0.15) is 32.1 Å². The highest BCUT2D eigenvalue weighted by atomic mass is 32.2. The largest absolute Gasteiger partial charge is 0.481 e. The van der Waals surface area contributed by atoms with Crippen LogP contribution < -0.4 is 5.32 Å². The number of rotatable bonds is 5. The molecule has 3 aliphatic rings. The fourth-order valence-electron chi connectivity index (χ4n) is 3.05. The number of nitrogens with zero attached hydrogens (tertiary/aromatic N) is 1. The molecule has 0 aromatic carbocycles. The molecule has 0 radical (unpaired) electrons. The lowest BCUT2D eigenvalue weighted by molar-refractivity contribution is -0.138. The molecule has 2 amide bonds. The maximum Gasteiger partial charge on any atom is 0.317 e. The summed E-state index contributed by atoms with van der Waals surface area (Å²) in [5.74, 6) is 2.15. The van der Waals surface area contributed by atoms with E-state index in [0.717, 1.165) is 11.5 Å². The third kappa shape index (κ3) is 3.40. The van der Waals surface area contributed by atoms with Gasteiger partial charge in [0.1, 0.15) is 0 Å². The first kappa shape index (κ1) is 14.0. The molecule has 1 heterocycles. The van der Waals surface area contributed by atoms with Crippen LogP contribution in [0.3, 0.4) is 0 Å². The summed E-state index contributed by atoms with van der Waals surface area (Å²) < 4.78 is 0. The van der Waals surface area contributed by atoms with E-state index in [-0.39, 0.29) is 18.5 Å². The molecule has 2 saturated carbocycles. The van der Waals surface area contributed by atoms with Crippen molar-refractivity contribution in [2.24, 2.45) is 11.8 Å². The summed E-state index contributed by atoms with van der Waals surface area (Å²) in [4.78, 5) is 25.2. The van der Waals surface area contributed by atoms with Crippen LogP contribution in [-0.2, 0) is 4.79 Å². The van der Waals surface area contributed by atoms with Crippen LogP contribution in [-0.4, -0.2) is 52.1 Å². The summed E-state index contributed by atoms with van der Waals surface area (Å²) in [6.07, 6.45) is 4.98. The van der Waals surface area contributed by atoms with Gasteiger partial charge >= 0.3 is 12.0 Å². The normalized spacial score (nSPS) is 26.6. The van der Waals surface area contributed by atoms with E-state index in [2.05, 4.69) is 5.32 Å². The van der Waals surface area contributed by atoms with E-state index in [1.165, 1.54) is 25.7 Å². The molecule has 0 aromatic rings. The van der Waals surface area contributed by atoms with E-state index >= 15 is 0 Å². The van der Waals surface area contributed by atoms with Crippen LogP contribution in [0, 0.1) is 11.8 Å². The zero-order chi connectivity index (χ0) is 14.1. The van der Waals surface area contributed by atoms with E-state index in [1.807, 2.05) is 0 Å². The van der Waals surface area contributed by atoms with Gasteiger partial charge in [-0.1, -0.05) is 0 Å². The summed E-state index contributed by atoms with van der Waals surface area (Å²) in [6, 6.07) is 0.133. The lowest BCUT2D eigenvalue weighted by Crippen LogP contribution is -2.54. The van der Waals surface area contributed by atoms with Gasteiger partial charge < -0.3 is 15.3 Å². The van der Waals surface area contributed by atoms with Crippen molar-refractivity contribution in [3.63, 3.8) is 0 Å². The number of carbonyl (C=O) groups excluding carboxylic acids is 1. The topological polar surface area (TPSA) is 69.6 Å². The first-order valence-corrected chi connectivity index (χ1v) is 8.67. The summed E-state index contributed by atoms with van der Waals surface area (Å²) >= 11 is 1.74.